The molecule has 1 aromatic heterocycles. The van der Waals surface area contributed by atoms with E-state index in [4.69, 9.17) is 16.0 Å². The van der Waals surface area contributed by atoms with Crippen LogP contribution in [0.3, 0.4) is 0 Å². The highest BCUT2D eigenvalue weighted by molar-refractivity contribution is 6.31. The van der Waals surface area contributed by atoms with Gasteiger partial charge in [-0.25, -0.2) is 4.39 Å². The Kier molecular flexibility index (Phi) is 4.02. The molecular weight excluding hydrogens is 269 g/mol. The maximum Gasteiger partial charge on any atom is 0.248 e. The third-order valence-electron chi connectivity index (χ3n) is 2.35. The Morgan fingerprint density at radius 1 is 1.37 bits per heavy atom. The van der Waals surface area contributed by atoms with Gasteiger partial charge in [0.05, 0.1) is 5.02 Å². The lowest BCUT2D eigenvalue weighted by Crippen LogP contribution is -2.07. The first kappa shape index (κ1) is 13.4. The van der Waals surface area contributed by atoms with Crippen molar-refractivity contribution in [3.63, 3.8) is 0 Å². The van der Waals surface area contributed by atoms with Crippen LogP contribution < -0.4 is 5.32 Å². The fraction of sp³-hybridized carbons (Fsp3) is 0.0714. The molecule has 5 heteroatoms. The minimum absolute atomic E-state index is 0.0385. The Bertz CT molecular complexity index is 634. The summed E-state index contributed by atoms with van der Waals surface area (Å²) in [6.45, 7) is 1.82. The second-order valence-corrected chi connectivity index (χ2v) is 4.31. The third-order valence-corrected chi connectivity index (χ3v) is 2.64. The lowest BCUT2D eigenvalue weighted by Gasteiger charge is -2.02. The van der Waals surface area contributed by atoms with Crippen LogP contribution in [0.25, 0.3) is 6.08 Å². The average molecular weight is 280 g/mol. The number of benzene rings is 1. The highest BCUT2D eigenvalue weighted by atomic mass is 35.5. The SMILES string of the molecule is Cc1ccc(/C=C/C(=O)Nc2ccc(F)c(Cl)c2)o1. The van der Waals surface area contributed by atoms with Crippen LogP contribution in [0.1, 0.15) is 11.5 Å². The fourth-order valence-corrected chi connectivity index (χ4v) is 1.64. The van der Waals surface area contributed by atoms with Crippen molar-refractivity contribution in [1.29, 1.82) is 0 Å². The Labute approximate surface area is 114 Å². The van der Waals surface area contributed by atoms with Gasteiger partial charge in [0.25, 0.3) is 0 Å². The van der Waals surface area contributed by atoms with Crippen LogP contribution in [0, 0.1) is 12.7 Å². The zero-order valence-corrected chi connectivity index (χ0v) is 10.9. The van der Waals surface area contributed by atoms with Gasteiger partial charge in [-0.05, 0) is 43.3 Å². The first-order chi connectivity index (χ1) is 9.04. The number of carbonyl (C=O) groups excluding carboxylic acids is 1. The van der Waals surface area contributed by atoms with Crippen molar-refractivity contribution >= 4 is 29.3 Å². The number of amides is 1. The first-order valence-corrected chi connectivity index (χ1v) is 5.93. The summed E-state index contributed by atoms with van der Waals surface area (Å²) in [6.07, 6.45) is 2.88. The molecule has 1 aromatic carbocycles. The molecule has 0 atom stereocenters. The highest BCUT2D eigenvalue weighted by Crippen LogP contribution is 2.19. The van der Waals surface area contributed by atoms with Crippen LogP contribution >= 0.6 is 11.6 Å². The topological polar surface area (TPSA) is 42.2 Å². The molecule has 3 nitrogen and oxygen atoms in total. The average Bonchev–Trinajstić information content (AvgIpc) is 2.77. The molecular formula is C14H11ClFNO2. The van der Waals surface area contributed by atoms with Crippen molar-refractivity contribution in [2.24, 2.45) is 0 Å². The van der Waals surface area contributed by atoms with E-state index in [1.165, 1.54) is 24.3 Å². The van der Waals surface area contributed by atoms with Gasteiger partial charge < -0.3 is 9.73 Å². The minimum atomic E-state index is -0.527. The zero-order valence-electron chi connectivity index (χ0n) is 10.1. The van der Waals surface area contributed by atoms with Gasteiger partial charge in [-0.1, -0.05) is 11.6 Å². The first-order valence-electron chi connectivity index (χ1n) is 5.55. The number of carbonyl (C=O) groups is 1. The van der Waals surface area contributed by atoms with Crippen LogP contribution in [0.2, 0.25) is 5.02 Å². The van der Waals surface area contributed by atoms with E-state index < -0.39 is 5.82 Å². The van der Waals surface area contributed by atoms with Gasteiger partial charge in [-0.2, -0.15) is 0 Å². The fourth-order valence-electron chi connectivity index (χ4n) is 1.46. The van der Waals surface area contributed by atoms with Crippen LogP contribution in [-0.4, -0.2) is 5.91 Å². The van der Waals surface area contributed by atoms with Gasteiger partial charge in [0.2, 0.25) is 5.91 Å². The highest BCUT2D eigenvalue weighted by Gasteiger charge is 2.03. The predicted molar refractivity (Wildman–Crippen MR) is 72.5 cm³/mol. The minimum Gasteiger partial charge on any atom is -0.462 e. The van der Waals surface area contributed by atoms with E-state index in [0.717, 1.165) is 5.76 Å². The predicted octanol–water partition coefficient (Wildman–Crippen LogP) is 4.03. The lowest BCUT2D eigenvalue weighted by atomic mass is 10.3. The Hall–Kier alpha value is -2.07. The van der Waals surface area contributed by atoms with E-state index in [-0.39, 0.29) is 10.9 Å². The summed E-state index contributed by atoms with van der Waals surface area (Å²) in [5, 5.41) is 2.53. The zero-order chi connectivity index (χ0) is 13.8. The Balaban J connectivity index is 2.01. The smallest absolute Gasteiger partial charge is 0.248 e. The lowest BCUT2D eigenvalue weighted by molar-refractivity contribution is -0.111. The molecule has 2 aromatic rings. The number of halogens is 2. The van der Waals surface area contributed by atoms with E-state index in [1.807, 2.05) is 6.92 Å². The summed E-state index contributed by atoms with van der Waals surface area (Å²) in [6, 6.07) is 7.53. The molecule has 0 spiro atoms. The molecule has 0 fully saturated rings. The van der Waals surface area contributed by atoms with Crippen LogP contribution in [0.4, 0.5) is 10.1 Å². The van der Waals surface area contributed by atoms with E-state index in [1.54, 1.807) is 18.2 Å². The molecule has 0 saturated heterocycles. The van der Waals surface area contributed by atoms with E-state index >= 15 is 0 Å². The van der Waals surface area contributed by atoms with Gasteiger partial charge in [-0.15, -0.1) is 0 Å². The van der Waals surface area contributed by atoms with Crippen molar-refractivity contribution in [2.45, 2.75) is 6.92 Å². The number of rotatable bonds is 3. The van der Waals surface area contributed by atoms with Crippen molar-refractivity contribution in [3.05, 3.63) is 58.8 Å². The molecule has 0 saturated carbocycles. The summed E-state index contributed by atoms with van der Waals surface area (Å²) in [5.74, 6) is 0.480. The molecule has 0 radical (unpaired) electrons. The van der Waals surface area contributed by atoms with Gasteiger partial charge >= 0.3 is 0 Å². The van der Waals surface area contributed by atoms with Crippen molar-refractivity contribution in [3.8, 4) is 0 Å². The molecule has 1 heterocycles. The van der Waals surface area contributed by atoms with Crippen molar-refractivity contribution in [1.82, 2.24) is 0 Å². The number of anilines is 1. The molecule has 98 valence electrons. The number of aryl methyl sites for hydroxylation is 1. The van der Waals surface area contributed by atoms with Crippen LogP contribution in [0.15, 0.2) is 40.8 Å². The van der Waals surface area contributed by atoms with E-state index in [9.17, 15) is 9.18 Å². The van der Waals surface area contributed by atoms with Crippen molar-refractivity contribution in [2.75, 3.05) is 5.32 Å². The second-order valence-electron chi connectivity index (χ2n) is 3.90. The third kappa shape index (κ3) is 3.69. The van der Waals surface area contributed by atoms with Gasteiger partial charge in [0.1, 0.15) is 17.3 Å². The number of hydrogen-bond acceptors (Lipinski definition) is 2. The van der Waals surface area contributed by atoms with Gasteiger partial charge in [-0.3, -0.25) is 4.79 Å². The van der Waals surface area contributed by atoms with Gasteiger partial charge in [0, 0.05) is 11.8 Å². The molecule has 0 bridgehead atoms. The second kappa shape index (κ2) is 5.71. The maximum atomic E-state index is 12.9. The summed E-state index contributed by atoms with van der Waals surface area (Å²) >= 11 is 5.61. The van der Waals surface area contributed by atoms with Crippen molar-refractivity contribution < 1.29 is 13.6 Å². The van der Waals surface area contributed by atoms with E-state index in [2.05, 4.69) is 5.32 Å². The summed E-state index contributed by atoms with van der Waals surface area (Å²) in [7, 11) is 0. The quantitative estimate of drug-likeness (QED) is 0.862. The Morgan fingerprint density at radius 2 is 2.16 bits per heavy atom. The standard InChI is InChI=1S/C14H11ClFNO2/c1-9-2-4-11(19-9)5-7-14(18)17-10-3-6-13(16)12(15)8-10/h2-8H,1H3,(H,17,18)/b7-5+. The largest absolute Gasteiger partial charge is 0.462 e. The monoisotopic (exact) mass is 279 g/mol. The molecule has 19 heavy (non-hydrogen) atoms. The van der Waals surface area contributed by atoms with E-state index in [0.29, 0.717) is 11.4 Å². The van der Waals surface area contributed by atoms with Crippen LogP contribution in [0.5, 0.6) is 0 Å². The van der Waals surface area contributed by atoms with Crippen LogP contribution in [-0.2, 0) is 4.79 Å². The molecule has 0 aliphatic rings. The molecule has 1 N–H and O–H groups in total. The molecule has 0 aliphatic heterocycles. The molecule has 1 amide bonds. The molecule has 2 rings (SSSR count). The summed E-state index contributed by atoms with van der Waals surface area (Å²) < 4.78 is 18.2. The van der Waals surface area contributed by atoms with Gasteiger partial charge in [0.15, 0.2) is 0 Å². The number of hydrogen-bond donors (Lipinski definition) is 1. The Morgan fingerprint density at radius 3 is 2.79 bits per heavy atom. The maximum absolute atomic E-state index is 12.9. The molecule has 0 unspecified atom stereocenters. The summed E-state index contributed by atoms with van der Waals surface area (Å²) in [4.78, 5) is 11.6. The number of furan rings is 1. The summed E-state index contributed by atoms with van der Waals surface area (Å²) in [5.41, 5.74) is 0.427. The normalized spacial score (nSPS) is 10.9. The number of nitrogens with one attached hydrogen (secondary N) is 1. The molecule has 0 aliphatic carbocycles.